The smallest absolute Gasteiger partial charge is 0.271 e. The zero-order chi connectivity index (χ0) is 13.9. The second-order valence-corrected chi connectivity index (χ2v) is 4.73. The highest BCUT2D eigenvalue weighted by Gasteiger charge is 2.16. The lowest BCUT2D eigenvalue weighted by atomic mass is 10.2. The number of aromatic nitrogens is 2. The highest BCUT2D eigenvalue weighted by molar-refractivity contribution is 5.92. The molecule has 0 spiro atoms. The van der Waals surface area contributed by atoms with E-state index in [2.05, 4.69) is 15.6 Å². The molecule has 1 aliphatic heterocycles. The zero-order valence-corrected chi connectivity index (χ0v) is 10.9. The van der Waals surface area contributed by atoms with Crippen LogP contribution in [-0.4, -0.2) is 22.0 Å². The van der Waals surface area contributed by atoms with Gasteiger partial charge in [-0.25, -0.2) is 9.37 Å². The van der Waals surface area contributed by atoms with E-state index >= 15 is 0 Å². The standard InChI is InChI=1S/C14H15FN4O/c15-11-4-2-10(3-5-11)8-17-13(20)12-9-19-7-1-6-16-14(19)18-12/h2-5,9H,1,6-8H2,(H,16,18)(H,17,20). The molecule has 5 nitrogen and oxygen atoms in total. The Labute approximate surface area is 115 Å². The molecule has 0 saturated heterocycles. The van der Waals surface area contributed by atoms with Gasteiger partial charge in [0.25, 0.3) is 5.91 Å². The van der Waals surface area contributed by atoms with Gasteiger partial charge in [-0.3, -0.25) is 4.79 Å². The quantitative estimate of drug-likeness (QED) is 0.896. The fourth-order valence-corrected chi connectivity index (χ4v) is 2.16. The topological polar surface area (TPSA) is 59.0 Å². The maximum absolute atomic E-state index is 12.8. The Morgan fingerprint density at radius 2 is 2.20 bits per heavy atom. The van der Waals surface area contributed by atoms with Crippen LogP contribution in [-0.2, 0) is 13.1 Å². The predicted molar refractivity (Wildman–Crippen MR) is 72.9 cm³/mol. The van der Waals surface area contributed by atoms with Crippen LogP contribution in [0.2, 0.25) is 0 Å². The molecule has 0 fully saturated rings. The molecule has 1 aromatic heterocycles. The molecule has 2 N–H and O–H groups in total. The van der Waals surface area contributed by atoms with Crippen molar-refractivity contribution in [3.05, 3.63) is 47.5 Å². The largest absolute Gasteiger partial charge is 0.356 e. The molecule has 2 heterocycles. The fraction of sp³-hybridized carbons (Fsp3) is 0.286. The monoisotopic (exact) mass is 274 g/mol. The summed E-state index contributed by atoms with van der Waals surface area (Å²) in [6.07, 6.45) is 2.78. The highest BCUT2D eigenvalue weighted by atomic mass is 19.1. The van der Waals surface area contributed by atoms with Gasteiger partial charge >= 0.3 is 0 Å². The molecule has 0 aliphatic carbocycles. The number of rotatable bonds is 3. The van der Waals surface area contributed by atoms with Gasteiger partial charge in [0.2, 0.25) is 5.95 Å². The second kappa shape index (κ2) is 5.32. The average Bonchev–Trinajstić information content (AvgIpc) is 2.90. The van der Waals surface area contributed by atoms with Gasteiger partial charge < -0.3 is 15.2 Å². The van der Waals surface area contributed by atoms with Gasteiger partial charge in [-0.15, -0.1) is 0 Å². The first kappa shape index (κ1) is 12.7. The van der Waals surface area contributed by atoms with E-state index in [1.807, 2.05) is 4.57 Å². The molecule has 0 saturated carbocycles. The molecular formula is C14H15FN4O. The lowest BCUT2D eigenvalue weighted by molar-refractivity contribution is 0.0946. The molecule has 20 heavy (non-hydrogen) atoms. The Kier molecular flexibility index (Phi) is 3.37. The number of benzene rings is 1. The van der Waals surface area contributed by atoms with Crippen molar-refractivity contribution in [3.8, 4) is 0 Å². The minimum absolute atomic E-state index is 0.224. The predicted octanol–water partition coefficient (Wildman–Crippen LogP) is 1.77. The molecule has 1 aromatic carbocycles. The van der Waals surface area contributed by atoms with Crippen LogP contribution in [0.4, 0.5) is 10.3 Å². The number of fused-ring (bicyclic) bond motifs is 1. The Morgan fingerprint density at radius 3 is 2.95 bits per heavy atom. The average molecular weight is 274 g/mol. The SMILES string of the molecule is O=C(NCc1ccc(F)cc1)c1cn2c(n1)NCCC2. The van der Waals surface area contributed by atoms with Crippen LogP contribution in [0.15, 0.2) is 30.5 Å². The molecule has 1 aliphatic rings. The molecule has 3 rings (SSSR count). The van der Waals surface area contributed by atoms with Crippen molar-refractivity contribution in [1.29, 1.82) is 0 Å². The van der Waals surface area contributed by atoms with Crippen LogP contribution in [0.25, 0.3) is 0 Å². The highest BCUT2D eigenvalue weighted by Crippen LogP contribution is 2.14. The number of carbonyl (C=O) groups excluding carboxylic acids is 1. The summed E-state index contributed by atoms with van der Waals surface area (Å²) < 4.78 is 14.7. The van der Waals surface area contributed by atoms with Gasteiger partial charge in [0.1, 0.15) is 11.5 Å². The van der Waals surface area contributed by atoms with Crippen molar-refractivity contribution in [2.75, 3.05) is 11.9 Å². The summed E-state index contributed by atoms with van der Waals surface area (Å²) in [4.78, 5) is 16.3. The first-order chi connectivity index (χ1) is 9.72. The lowest BCUT2D eigenvalue weighted by Crippen LogP contribution is -2.23. The third-order valence-electron chi connectivity index (χ3n) is 3.23. The molecule has 0 bridgehead atoms. The van der Waals surface area contributed by atoms with Gasteiger partial charge in [0.05, 0.1) is 0 Å². The van der Waals surface area contributed by atoms with E-state index in [0.717, 1.165) is 31.0 Å². The second-order valence-electron chi connectivity index (χ2n) is 4.73. The van der Waals surface area contributed by atoms with E-state index in [9.17, 15) is 9.18 Å². The Bertz CT molecular complexity index is 597. The third-order valence-corrected chi connectivity index (χ3v) is 3.23. The number of anilines is 1. The zero-order valence-electron chi connectivity index (χ0n) is 10.9. The summed E-state index contributed by atoms with van der Waals surface area (Å²) in [7, 11) is 0. The van der Waals surface area contributed by atoms with Gasteiger partial charge in [-0.05, 0) is 24.1 Å². The molecule has 0 radical (unpaired) electrons. The molecular weight excluding hydrogens is 259 g/mol. The summed E-state index contributed by atoms with van der Waals surface area (Å²) >= 11 is 0. The van der Waals surface area contributed by atoms with Crippen molar-refractivity contribution in [2.45, 2.75) is 19.5 Å². The first-order valence-electron chi connectivity index (χ1n) is 6.56. The van der Waals surface area contributed by atoms with Crippen LogP contribution in [0.1, 0.15) is 22.5 Å². The number of hydrogen-bond acceptors (Lipinski definition) is 3. The maximum atomic E-state index is 12.8. The number of imidazole rings is 1. The van der Waals surface area contributed by atoms with E-state index in [1.165, 1.54) is 12.1 Å². The normalized spacial score (nSPS) is 13.4. The van der Waals surface area contributed by atoms with Crippen LogP contribution >= 0.6 is 0 Å². The summed E-state index contributed by atoms with van der Waals surface area (Å²) in [6.45, 7) is 2.11. The number of nitrogens with zero attached hydrogens (tertiary/aromatic N) is 2. The first-order valence-corrected chi connectivity index (χ1v) is 6.56. The maximum Gasteiger partial charge on any atom is 0.271 e. The summed E-state index contributed by atoms with van der Waals surface area (Å²) in [5, 5.41) is 5.93. The third kappa shape index (κ3) is 2.64. The Balaban J connectivity index is 1.64. The number of amides is 1. The number of hydrogen-bond donors (Lipinski definition) is 2. The van der Waals surface area contributed by atoms with Crippen LogP contribution in [0, 0.1) is 5.82 Å². The van der Waals surface area contributed by atoms with E-state index in [1.54, 1.807) is 18.3 Å². The summed E-state index contributed by atoms with van der Waals surface area (Å²) in [5.41, 5.74) is 1.25. The Morgan fingerprint density at radius 1 is 1.40 bits per heavy atom. The molecule has 6 heteroatoms. The molecule has 104 valence electrons. The number of nitrogens with one attached hydrogen (secondary N) is 2. The van der Waals surface area contributed by atoms with Crippen molar-refractivity contribution in [2.24, 2.45) is 0 Å². The lowest BCUT2D eigenvalue weighted by Gasteiger charge is -2.14. The molecule has 2 aromatic rings. The van der Waals surface area contributed by atoms with E-state index < -0.39 is 0 Å². The van der Waals surface area contributed by atoms with E-state index in [0.29, 0.717) is 12.2 Å². The van der Waals surface area contributed by atoms with Crippen molar-refractivity contribution in [1.82, 2.24) is 14.9 Å². The number of aryl methyl sites for hydroxylation is 1. The van der Waals surface area contributed by atoms with Crippen LogP contribution in [0.3, 0.4) is 0 Å². The minimum atomic E-state index is -0.284. The number of halogens is 1. The van der Waals surface area contributed by atoms with Crippen molar-refractivity contribution < 1.29 is 9.18 Å². The van der Waals surface area contributed by atoms with Crippen molar-refractivity contribution >= 4 is 11.9 Å². The van der Waals surface area contributed by atoms with Crippen LogP contribution in [0.5, 0.6) is 0 Å². The Hall–Kier alpha value is -2.37. The molecule has 1 amide bonds. The van der Waals surface area contributed by atoms with Crippen molar-refractivity contribution in [3.63, 3.8) is 0 Å². The van der Waals surface area contributed by atoms with Gasteiger partial charge in [0.15, 0.2) is 0 Å². The van der Waals surface area contributed by atoms with E-state index in [4.69, 9.17) is 0 Å². The fourth-order valence-electron chi connectivity index (χ4n) is 2.16. The summed E-state index contributed by atoms with van der Waals surface area (Å²) in [6, 6.07) is 6.05. The summed E-state index contributed by atoms with van der Waals surface area (Å²) in [5.74, 6) is 0.231. The van der Waals surface area contributed by atoms with Gasteiger partial charge in [-0.2, -0.15) is 0 Å². The molecule has 0 atom stereocenters. The number of carbonyl (C=O) groups is 1. The minimum Gasteiger partial charge on any atom is -0.356 e. The van der Waals surface area contributed by atoms with Crippen LogP contribution < -0.4 is 10.6 Å². The van der Waals surface area contributed by atoms with E-state index in [-0.39, 0.29) is 11.7 Å². The van der Waals surface area contributed by atoms with Gasteiger partial charge in [0, 0.05) is 25.8 Å². The van der Waals surface area contributed by atoms with Gasteiger partial charge in [-0.1, -0.05) is 12.1 Å². The molecule has 0 unspecified atom stereocenters.